The van der Waals surface area contributed by atoms with Crippen LogP contribution < -0.4 is 5.32 Å². The first kappa shape index (κ1) is 20.4. The second kappa shape index (κ2) is 7.98. The highest BCUT2D eigenvalue weighted by Crippen LogP contribution is 2.37. The molecule has 2 amide bonds. The van der Waals surface area contributed by atoms with Crippen LogP contribution in [0.5, 0.6) is 0 Å². The summed E-state index contributed by atoms with van der Waals surface area (Å²) in [6.07, 6.45) is -4.65. The molecule has 0 aliphatic carbocycles. The van der Waals surface area contributed by atoms with Crippen molar-refractivity contribution in [1.82, 2.24) is 15.1 Å². The Hall–Kier alpha value is -2.29. The molecule has 6 nitrogen and oxygen atoms in total. The Labute approximate surface area is 161 Å². The first-order chi connectivity index (χ1) is 13.1. The Kier molecular flexibility index (Phi) is 5.83. The van der Waals surface area contributed by atoms with Gasteiger partial charge in [-0.05, 0) is 11.5 Å². The number of aliphatic carboxylic acids is 1. The molecule has 2 heterocycles. The van der Waals surface area contributed by atoms with Gasteiger partial charge in [0.15, 0.2) is 0 Å². The van der Waals surface area contributed by atoms with Crippen molar-refractivity contribution in [2.24, 2.45) is 17.8 Å². The molecule has 0 saturated carbocycles. The highest BCUT2D eigenvalue weighted by molar-refractivity contribution is 5.78. The minimum atomic E-state index is -4.65. The first-order valence-electron chi connectivity index (χ1n) is 9.26. The predicted molar refractivity (Wildman–Crippen MR) is 95.4 cm³/mol. The van der Waals surface area contributed by atoms with Gasteiger partial charge in [-0.2, -0.15) is 13.2 Å². The predicted octanol–water partition coefficient (Wildman–Crippen LogP) is 2.41. The minimum Gasteiger partial charge on any atom is -0.481 e. The molecule has 2 unspecified atom stereocenters. The zero-order chi connectivity index (χ0) is 20.5. The van der Waals surface area contributed by atoms with Crippen LogP contribution in [0, 0.1) is 17.8 Å². The number of rotatable bonds is 4. The van der Waals surface area contributed by atoms with Gasteiger partial charge in [-0.25, -0.2) is 4.79 Å². The standard InChI is InChI=1S/C19H24F3N3O3/c1-12-7-24(8-13-5-3-2-4-6-13)11-16(12)23-18(28)25-9-14(17(26)27)15(10-25)19(20,21)22/h2-6,12,14-16H,7-11H2,1H3,(H,23,28)(H,26,27)/t12?,14-,15-,16?/m1/s1. The van der Waals surface area contributed by atoms with Crippen LogP contribution in [0.1, 0.15) is 12.5 Å². The lowest BCUT2D eigenvalue weighted by Crippen LogP contribution is -2.47. The number of amides is 2. The third-order valence-electron chi connectivity index (χ3n) is 5.59. The summed E-state index contributed by atoms with van der Waals surface area (Å²) in [5.41, 5.74) is 1.15. The summed E-state index contributed by atoms with van der Waals surface area (Å²) in [5, 5.41) is 11.9. The Morgan fingerprint density at radius 2 is 1.82 bits per heavy atom. The van der Waals surface area contributed by atoms with Gasteiger partial charge >= 0.3 is 18.2 Å². The molecule has 2 saturated heterocycles. The number of halogens is 3. The lowest BCUT2D eigenvalue weighted by Gasteiger charge is -2.23. The fourth-order valence-corrected chi connectivity index (χ4v) is 4.03. The lowest BCUT2D eigenvalue weighted by atomic mass is 9.96. The van der Waals surface area contributed by atoms with Crippen molar-refractivity contribution in [3.63, 3.8) is 0 Å². The van der Waals surface area contributed by atoms with Crippen molar-refractivity contribution in [2.75, 3.05) is 26.2 Å². The summed E-state index contributed by atoms with van der Waals surface area (Å²) in [4.78, 5) is 26.8. The van der Waals surface area contributed by atoms with Crippen LogP contribution in [0.15, 0.2) is 30.3 Å². The summed E-state index contributed by atoms with van der Waals surface area (Å²) in [7, 11) is 0. The van der Waals surface area contributed by atoms with Gasteiger partial charge in [0.1, 0.15) is 0 Å². The number of urea groups is 1. The molecular formula is C19H24F3N3O3. The highest BCUT2D eigenvalue weighted by Gasteiger charge is 2.53. The zero-order valence-electron chi connectivity index (χ0n) is 15.5. The Morgan fingerprint density at radius 1 is 1.14 bits per heavy atom. The van der Waals surface area contributed by atoms with Crippen molar-refractivity contribution in [2.45, 2.75) is 25.7 Å². The number of hydrogen-bond acceptors (Lipinski definition) is 3. The van der Waals surface area contributed by atoms with Crippen molar-refractivity contribution in [3.8, 4) is 0 Å². The van der Waals surface area contributed by atoms with E-state index in [0.29, 0.717) is 6.54 Å². The molecule has 1 aromatic rings. The average Bonchev–Trinajstić information content (AvgIpc) is 3.20. The van der Waals surface area contributed by atoms with Gasteiger partial charge in [0, 0.05) is 38.8 Å². The van der Waals surface area contributed by atoms with Crippen LogP contribution in [0.4, 0.5) is 18.0 Å². The molecule has 28 heavy (non-hydrogen) atoms. The molecule has 2 aliphatic heterocycles. The number of carbonyl (C=O) groups is 2. The van der Waals surface area contributed by atoms with Gasteiger partial charge in [-0.1, -0.05) is 37.3 Å². The quantitative estimate of drug-likeness (QED) is 0.816. The number of carbonyl (C=O) groups excluding carboxylic acids is 1. The molecule has 2 aliphatic rings. The number of benzene rings is 1. The number of alkyl halides is 3. The normalized spacial score (nSPS) is 28.5. The topological polar surface area (TPSA) is 72.9 Å². The molecule has 3 rings (SSSR count). The Morgan fingerprint density at radius 3 is 2.39 bits per heavy atom. The van der Waals surface area contributed by atoms with Gasteiger partial charge in [0.05, 0.1) is 11.8 Å². The van der Waals surface area contributed by atoms with Crippen LogP contribution in [0.25, 0.3) is 0 Å². The first-order valence-corrected chi connectivity index (χ1v) is 9.26. The number of carboxylic acids is 1. The van der Waals surface area contributed by atoms with E-state index in [1.807, 2.05) is 37.3 Å². The van der Waals surface area contributed by atoms with E-state index < -0.39 is 43.1 Å². The average molecular weight is 399 g/mol. The van der Waals surface area contributed by atoms with E-state index in [9.17, 15) is 22.8 Å². The van der Waals surface area contributed by atoms with Crippen molar-refractivity contribution in [3.05, 3.63) is 35.9 Å². The van der Waals surface area contributed by atoms with E-state index in [2.05, 4.69) is 10.2 Å². The van der Waals surface area contributed by atoms with E-state index in [1.54, 1.807) is 0 Å². The summed E-state index contributed by atoms with van der Waals surface area (Å²) >= 11 is 0. The molecule has 1 aromatic carbocycles. The Bertz CT molecular complexity index is 713. The molecule has 0 aromatic heterocycles. The third-order valence-corrected chi connectivity index (χ3v) is 5.59. The second-order valence-corrected chi connectivity index (χ2v) is 7.71. The zero-order valence-corrected chi connectivity index (χ0v) is 15.5. The fraction of sp³-hybridized carbons (Fsp3) is 0.579. The smallest absolute Gasteiger partial charge is 0.394 e. The largest absolute Gasteiger partial charge is 0.481 e. The summed E-state index contributed by atoms with van der Waals surface area (Å²) in [6, 6.07) is 9.07. The van der Waals surface area contributed by atoms with Gasteiger partial charge in [0.25, 0.3) is 0 Å². The maximum absolute atomic E-state index is 13.1. The van der Waals surface area contributed by atoms with E-state index in [4.69, 9.17) is 5.11 Å². The summed E-state index contributed by atoms with van der Waals surface area (Å²) < 4.78 is 39.3. The molecule has 0 radical (unpaired) electrons. The van der Waals surface area contributed by atoms with Crippen LogP contribution >= 0.6 is 0 Å². The molecule has 2 N–H and O–H groups in total. The molecular weight excluding hydrogens is 375 g/mol. The maximum atomic E-state index is 13.1. The minimum absolute atomic E-state index is 0.143. The van der Waals surface area contributed by atoms with E-state index in [1.165, 1.54) is 0 Å². The van der Waals surface area contributed by atoms with Crippen LogP contribution in [-0.4, -0.2) is 65.3 Å². The monoisotopic (exact) mass is 399 g/mol. The van der Waals surface area contributed by atoms with Crippen LogP contribution in [-0.2, 0) is 11.3 Å². The molecule has 9 heteroatoms. The van der Waals surface area contributed by atoms with Gasteiger partial charge in [-0.3, -0.25) is 9.69 Å². The molecule has 0 spiro atoms. The molecule has 154 valence electrons. The number of hydrogen-bond donors (Lipinski definition) is 2. The SMILES string of the molecule is CC1CN(Cc2ccccc2)CC1NC(=O)N1C[C@@H](C(F)(F)F)[C@H](C(=O)O)C1. The third kappa shape index (κ3) is 4.57. The van der Waals surface area contributed by atoms with Crippen molar-refractivity contribution >= 4 is 12.0 Å². The van der Waals surface area contributed by atoms with Crippen LogP contribution in [0.3, 0.4) is 0 Å². The molecule has 4 atom stereocenters. The lowest BCUT2D eigenvalue weighted by molar-refractivity contribution is -0.187. The fourth-order valence-electron chi connectivity index (χ4n) is 4.03. The van der Waals surface area contributed by atoms with Gasteiger partial charge in [0.2, 0.25) is 0 Å². The molecule has 0 bridgehead atoms. The maximum Gasteiger partial charge on any atom is 0.394 e. The summed E-state index contributed by atoms with van der Waals surface area (Å²) in [6.45, 7) is 3.03. The van der Waals surface area contributed by atoms with Gasteiger partial charge < -0.3 is 15.3 Å². The van der Waals surface area contributed by atoms with E-state index in [-0.39, 0.29) is 12.0 Å². The number of nitrogens with zero attached hydrogens (tertiary/aromatic N) is 2. The van der Waals surface area contributed by atoms with Gasteiger partial charge in [-0.15, -0.1) is 0 Å². The van der Waals surface area contributed by atoms with E-state index >= 15 is 0 Å². The van der Waals surface area contributed by atoms with Crippen LogP contribution in [0.2, 0.25) is 0 Å². The Balaban J connectivity index is 1.58. The highest BCUT2D eigenvalue weighted by atomic mass is 19.4. The number of carboxylic acid groups (broad SMARTS) is 1. The number of likely N-dealkylation sites (tertiary alicyclic amines) is 2. The number of nitrogens with one attached hydrogen (secondary N) is 1. The second-order valence-electron chi connectivity index (χ2n) is 7.71. The molecule has 2 fully saturated rings. The summed E-state index contributed by atoms with van der Waals surface area (Å²) in [5.74, 6) is -5.04. The van der Waals surface area contributed by atoms with Crippen molar-refractivity contribution in [1.29, 1.82) is 0 Å². The van der Waals surface area contributed by atoms with Crippen molar-refractivity contribution < 1.29 is 27.9 Å². The van der Waals surface area contributed by atoms with E-state index in [0.717, 1.165) is 23.6 Å².